The van der Waals surface area contributed by atoms with Crippen LogP contribution in [0, 0.1) is 0 Å². The van der Waals surface area contributed by atoms with Crippen LogP contribution in [0.5, 0.6) is 0 Å². The normalized spacial score (nSPS) is 11.6. The Hall–Kier alpha value is -16.6. The third kappa shape index (κ3) is 13.7. The van der Waals surface area contributed by atoms with E-state index in [1.54, 1.807) is 12.4 Å². The Kier molecular flexibility index (Phi) is 19.8. The van der Waals surface area contributed by atoms with Gasteiger partial charge in [-0.3, -0.25) is 9.55 Å². The summed E-state index contributed by atoms with van der Waals surface area (Å²) in [4.78, 5) is 20.3. The predicted octanol–water partition coefficient (Wildman–Crippen LogP) is 35.6. The van der Waals surface area contributed by atoms with Gasteiger partial charge in [-0.05, 0) is 224 Å². The highest BCUT2D eigenvalue weighted by Gasteiger charge is 2.33. The van der Waals surface area contributed by atoms with E-state index in [2.05, 4.69) is 473 Å². The number of aromatic nitrogens is 4. The second kappa shape index (κ2) is 33.5. The molecule has 622 valence electrons. The van der Waals surface area contributed by atoms with Crippen molar-refractivity contribution in [2.75, 3.05) is 4.90 Å². The molecule has 0 spiro atoms. The predicted molar refractivity (Wildman–Crippen MR) is 563 cm³/mol. The Bertz CT molecular complexity index is 8400. The maximum Gasteiger partial charge on any atom is 0.234 e. The summed E-state index contributed by atoms with van der Waals surface area (Å²) >= 11 is 5.65. The molecular formula is C125H79N5S3. The third-order valence-electron chi connectivity index (χ3n) is 26.3. The fourth-order valence-corrected chi connectivity index (χ4v) is 24.2. The zero-order valence-electron chi connectivity index (χ0n) is 72.1. The maximum atomic E-state index is 4.69. The van der Waals surface area contributed by atoms with Crippen LogP contribution in [0.3, 0.4) is 0 Å². The van der Waals surface area contributed by atoms with Gasteiger partial charge < -0.3 is 4.90 Å². The fourth-order valence-electron chi connectivity index (χ4n) is 20.5. The lowest BCUT2D eigenvalue weighted by molar-refractivity contribution is 0.962. The molecule has 0 radical (unpaired) electrons. The molecule has 6 aromatic heterocycles. The molecule has 18 aromatic carbocycles. The largest absolute Gasteiger partial charge is 0.310 e. The smallest absolute Gasteiger partial charge is 0.234 e. The van der Waals surface area contributed by atoms with E-state index in [1.165, 1.54) is 217 Å². The number of fused-ring (bicyclic) bond motifs is 20. The average Bonchev–Trinajstić information content (AvgIpc) is 1.58. The fraction of sp³-hybridized carbons (Fsp3) is 0. The van der Waals surface area contributed by atoms with Gasteiger partial charge in [0.25, 0.3) is 0 Å². The second-order valence-electron chi connectivity index (χ2n) is 33.8. The molecule has 0 N–H and O–H groups in total. The zero-order chi connectivity index (χ0) is 87.8. The summed E-state index contributed by atoms with van der Waals surface area (Å²) in [5, 5.41) is 5.31. The molecule has 0 unspecified atom stereocenters. The molecule has 4 aliphatic carbocycles. The van der Waals surface area contributed by atoms with Crippen molar-refractivity contribution in [3.8, 4) is 193 Å². The molecule has 0 saturated heterocycles. The summed E-state index contributed by atoms with van der Waals surface area (Å²) in [5.41, 5.74) is 43.8. The molecule has 0 aliphatic heterocycles. The Morgan fingerprint density at radius 2 is 0.504 bits per heavy atom. The molecule has 24 aromatic rings. The molecule has 4 aliphatic rings. The van der Waals surface area contributed by atoms with Gasteiger partial charge in [-0.1, -0.05) is 376 Å². The van der Waals surface area contributed by atoms with E-state index in [1.807, 2.05) is 52.3 Å². The third-order valence-corrected chi connectivity index (χ3v) is 29.9. The Labute approximate surface area is 783 Å². The van der Waals surface area contributed by atoms with Gasteiger partial charge in [0.15, 0.2) is 0 Å². The molecule has 0 amide bonds. The summed E-state index contributed by atoms with van der Waals surface area (Å²) < 4.78 is 6.15. The Morgan fingerprint density at radius 1 is 0.188 bits per heavy atom. The Morgan fingerprint density at radius 3 is 0.955 bits per heavy atom. The van der Waals surface area contributed by atoms with E-state index in [0.29, 0.717) is 5.95 Å². The number of benzene rings is 18. The van der Waals surface area contributed by atoms with Crippen molar-refractivity contribution in [1.82, 2.24) is 19.5 Å². The van der Waals surface area contributed by atoms with Crippen molar-refractivity contribution in [2.24, 2.45) is 0 Å². The number of nitrogens with zero attached hydrogens (tertiary/aromatic N) is 5. The van der Waals surface area contributed by atoms with Crippen molar-refractivity contribution in [1.29, 1.82) is 0 Å². The lowest BCUT2D eigenvalue weighted by Gasteiger charge is -2.27. The van der Waals surface area contributed by atoms with Crippen molar-refractivity contribution < 1.29 is 0 Å². The van der Waals surface area contributed by atoms with Crippen LogP contribution in [0.25, 0.3) is 234 Å². The van der Waals surface area contributed by atoms with Crippen LogP contribution in [0.4, 0.5) is 17.1 Å². The van der Waals surface area contributed by atoms with Gasteiger partial charge in [-0.2, -0.15) is 0 Å². The van der Waals surface area contributed by atoms with E-state index in [0.717, 1.165) is 28.3 Å². The van der Waals surface area contributed by atoms with Gasteiger partial charge in [-0.15, -0.1) is 34.0 Å². The first-order chi connectivity index (χ1) is 66.0. The maximum absolute atomic E-state index is 4.69. The van der Waals surface area contributed by atoms with Crippen molar-refractivity contribution in [3.63, 3.8) is 0 Å². The highest BCUT2D eigenvalue weighted by atomic mass is 32.1. The molecule has 0 atom stereocenters. The summed E-state index contributed by atoms with van der Waals surface area (Å²) in [7, 11) is 0. The van der Waals surface area contributed by atoms with Crippen LogP contribution >= 0.6 is 34.0 Å². The first kappa shape index (κ1) is 78.6. The van der Waals surface area contributed by atoms with Crippen LogP contribution in [0.1, 0.15) is 0 Å². The standard InChI is InChI=1S/C42H28N4.C32H20S.C26H16S.C25H15NS/c1-3-12-29(13-4-1)30-20-22-32(23-21-30)46(31-14-5-2-6-15-31)33-26-38-36-18-9-7-16-34(36)35-17-8-10-19-37(35)39-28-45(40(27-33)41(38)39)42-43-24-11-25-44-42;1-2-10-21(11-3-1)22-12-8-13-23(20-22)32-31-28-17-7-6-16-26(28)24-14-4-5-15-25(24)27-18-9-19-29(33-32)30(27)31;1-2-9-17(10-3-1)26-25-22-14-7-6-13-20(22)18-11-4-5-12-19(18)21-15-8-16-23(27-26)24(21)25;1-2-9-17-16(8-1)18-10-3-4-11-20(18)24-23-19(17)12-7-14-22(23)27-25(24)21-13-5-6-15-26-21/h1-28H;1-20H;1-16H;1-15H. The van der Waals surface area contributed by atoms with Crippen LogP contribution in [-0.4, -0.2) is 19.5 Å². The van der Waals surface area contributed by atoms with Crippen LogP contribution in [0.15, 0.2) is 480 Å². The van der Waals surface area contributed by atoms with Gasteiger partial charge in [0, 0.05) is 110 Å². The topological polar surface area (TPSA) is 46.8 Å². The number of pyridine rings is 1. The van der Waals surface area contributed by atoms with Crippen molar-refractivity contribution in [2.45, 2.75) is 0 Å². The molecular weight excluding hydrogens is 1670 g/mol. The summed E-state index contributed by atoms with van der Waals surface area (Å²) in [6.07, 6.45) is 7.70. The monoisotopic (exact) mass is 1750 g/mol. The SMILES string of the molecule is c1ccc(-c2ccc(N(c3ccccc3)c3cc4c5c(cn(-c6ncccn6)c5c3)-c3ccccc3-c3ccccc3-4)cc2)cc1.c1ccc(-c2cccc(-c3sc4cccc5c4c3-c3ccccc3-c3ccccc3-5)c2)cc1.c1ccc(-c2sc3cccc4c3c2-c2ccccc2-c2ccccc2-4)cc1.c1ccc(-c2sc3cccc4c3c2-c2ccccc2-c2ccccc2-4)nc1. The van der Waals surface area contributed by atoms with Gasteiger partial charge >= 0.3 is 0 Å². The minimum atomic E-state index is 0.645. The van der Waals surface area contributed by atoms with Crippen molar-refractivity contribution in [3.05, 3.63) is 480 Å². The average molecular weight is 1750 g/mol. The highest BCUT2D eigenvalue weighted by molar-refractivity contribution is 7.24. The van der Waals surface area contributed by atoms with E-state index >= 15 is 0 Å². The van der Waals surface area contributed by atoms with Crippen LogP contribution < -0.4 is 4.90 Å². The van der Waals surface area contributed by atoms with Crippen LogP contribution in [-0.2, 0) is 0 Å². The quantitative estimate of drug-likeness (QED) is 0.144. The van der Waals surface area contributed by atoms with E-state index < -0.39 is 0 Å². The number of rotatable bonds is 9. The first-order valence-corrected chi connectivity index (χ1v) is 47.5. The summed E-state index contributed by atoms with van der Waals surface area (Å²) in [6, 6.07) is 164. The zero-order valence-corrected chi connectivity index (χ0v) is 74.5. The highest BCUT2D eigenvalue weighted by Crippen LogP contribution is 2.59. The molecule has 28 rings (SSSR count). The van der Waals surface area contributed by atoms with Gasteiger partial charge in [0.05, 0.1) is 16.1 Å². The molecule has 5 nitrogen and oxygen atoms in total. The van der Waals surface area contributed by atoms with Gasteiger partial charge in [0.1, 0.15) is 0 Å². The molecule has 8 heteroatoms. The number of thiophene rings is 3. The molecule has 0 saturated carbocycles. The molecule has 0 bridgehead atoms. The number of anilines is 3. The minimum absolute atomic E-state index is 0.645. The van der Waals surface area contributed by atoms with E-state index in [4.69, 9.17) is 0 Å². The summed E-state index contributed by atoms with van der Waals surface area (Å²) in [5.74, 6) is 0.645. The van der Waals surface area contributed by atoms with Gasteiger partial charge in [0.2, 0.25) is 5.95 Å². The van der Waals surface area contributed by atoms with Crippen molar-refractivity contribution >= 4 is 92.2 Å². The lowest BCUT2D eigenvalue weighted by Crippen LogP contribution is -2.10. The van der Waals surface area contributed by atoms with Gasteiger partial charge in [-0.25, -0.2) is 9.97 Å². The van der Waals surface area contributed by atoms with E-state index in [9.17, 15) is 0 Å². The van der Waals surface area contributed by atoms with Crippen LogP contribution in [0.2, 0.25) is 0 Å². The second-order valence-corrected chi connectivity index (χ2v) is 36.9. The minimum Gasteiger partial charge on any atom is -0.310 e. The first-order valence-electron chi connectivity index (χ1n) is 45.1. The number of hydrogen-bond donors (Lipinski definition) is 0. The number of para-hydroxylation sites is 1. The number of hydrogen-bond acceptors (Lipinski definition) is 7. The van der Waals surface area contributed by atoms with E-state index in [-0.39, 0.29) is 0 Å². The lowest BCUT2D eigenvalue weighted by atomic mass is 9.93. The summed E-state index contributed by atoms with van der Waals surface area (Å²) in [6.45, 7) is 0. The Balaban J connectivity index is 0.0000000975. The molecule has 6 heterocycles. The molecule has 133 heavy (non-hydrogen) atoms. The molecule has 0 fully saturated rings.